The zero-order chi connectivity index (χ0) is 12.3. The number of ether oxygens (including phenoxy) is 2. The lowest BCUT2D eigenvalue weighted by Gasteiger charge is -2.12. The van der Waals surface area contributed by atoms with Crippen LogP contribution >= 0.6 is 11.8 Å². The fourth-order valence-electron chi connectivity index (χ4n) is 1.04. The Balaban J connectivity index is 3.15. The normalized spacial score (nSPS) is 11.4. The van der Waals surface area contributed by atoms with Crippen LogP contribution in [0.3, 0.4) is 0 Å². The molecule has 0 aliphatic heterocycles. The Morgan fingerprint density at radius 1 is 1.06 bits per heavy atom. The van der Waals surface area contributed by atoms with Crippen molar-refractivity contribution in [3.63, 3.8) is 0 Å². The molecule has 0 aliphatic rings. The highest BCUT2D eigenvalue weighted by Crippen LogP contribution is 2.43. The number of thioether (sulfide) groups is 1. The number of hydrogen-bond donors (Lipinski definition) is 0. The van der Waals surface area contributed by atoms with E-state index >= 15 is 0 Å². The van der Waals surface area contributed by atoms with Crippen molar-refractivity contribution in [2.75, 3.05) is 14.2 Å². The van der Waals surface area contributed by atoms with Crippen molar-refractivity contribution in [3.05, 3.63) is 17.9 Å². The van der Waals surface area contributed by atoms with Gasteiger partial charge in [-0.2, -0.15) is 13.2 Å². The molecular formula is C9H8F4O2S. The molecule has 0 N–H and O–H groups in total. The van der Waals surface area contributed by atoms with E-state index in [-0.39, 0.29) is 28.2 Å². The first-order valence-electron chi connectivity index (χ1n) is 4.04. The lowest BCUT2D eigenvalue weighted by Crippen LogP contribution is -2.01. The maximum atomic E-state index is 13.2. The molecule has 0 bridgehead atoms. The van der Waals surface area contributed by atoms with E-state index in [9.17, 15) is 17.6 Å². The average Bonchev–Trinajstić information content (AvgIpc) is 2.18. The van der Waals surface area contributed by atoms with E-state index in [0.717, 1.165) is 12.1 Å². The van der Waals surface area contributed by atoms with Gasteiger partial charge in [0.25, 0.3) is 0 Å². The van der Waals surface area contributed by atoms with Crippen molar-refractivity contribution in [1.29, 1.82) is 0 Å². The molecule has 0 aliphatic carbocycles. The van der Waals surface area contributed by atoms with Gasteiger partial charge in [-0.05, 0) is 11.8 Å². The quantitative estimate of drug-likeness (QED) is 0.609. The third-order valence-electron chi connectivity index (χ3n) is 1.66. The molecule has 0 saturated heterocycles. The van der Waals surface area contributed by atoms with Crippen LogP contribution in [0, 0.1) is 5.82 Å². The van der Waals surface area contributed by atoms with Crippen LogP contribution in [0.4, 0.5) is 17.6 Å². The molecule has 90 valence electrons. The predicted octanol–water partition coefficient (Wildman–Crippen LogP) is 3.45. The lowest BCUT2D eigenvalue weighted by molar-refractivity contribution is -0.0328. The summed E-state index contributed by atoms with van der Waals surface area (Å²) in [7, 11) is 2.34. The molecule has 0 radical (unpaired) electrons. The molecule has 0 saturated carbocycles. The summed E-state index contributed by atoms with van der Waals surface area (Å²) in [5.41, 5.74) is -4.46. The van der Waals surface area contributed by atoms with Gasteiger partial charge in [0.2, 0.25) is 0 Å². The highest BCUT2D eigenvalue weighted by atomic mass is 32.2. The van der Waals surface area contributed by atoms with Crippen molar-refractivity contribution in [2.45, 2.75) is 10.4 Å². The molecule has 2 nitrogen and oxygen atoms in total. The number of halogens is 4. The monoisotopic (exact) mass is 256 g/mol. The minimum absolute atomic E-state index is 0.180. The molecule has 1 rings (SSSR count). The molecule has 1 aromatic rings. The van der Waals surface area contributed by atoms with Gasteiger partial charge in [0.1, 0.15) is 5.75 Å². The summed E-state index contributed by atoms with van der Waals surface area (Å²) in [5.74, 6) is -1.21. The first kappa shape index (κ1) is 13.0. The standard InChI is InChI=1S/C9H8F4O2S/c1-14-6-4-8(16-9(11,12)13)7(15-2)3-5(6)10/h3-4H,1-2H3. The zero-order valence-electron chi connectivity index (χ0n) is 8.39. The molecule has 0 fully saturated rings. The molecular weight excluding hydrogens is 248 g/mol. The van der Waals surface area contributed by atoms with Crippen LogP contribution in [-0.4, -0.2) is 19.7 Å². The summed E-state index contributed by atoms with van der Waals surface area (Å²) < 4.78 is 58.9. The largest absolute Gasteiger partial charge is 0.495 e. The van der Waals surface area contributed by atoms with E-state index in [1.54, 1.807) is 0 Å². The van der Waals surface area contributed by atoms with Crippen LogP contribution < -0.4 is 9.47 Å². The van der Waals surface area contributed by atoms with Crippen molar-refractivity contribution < 1.29 is 27.0 Å². The summed E-state index contributed by atoms with van der Waals surface area (Å²) in [5, 5.41) is 0. The van der Waals surface area contributed by atoms with Crippen molar-refractivity contribution in [3.8, 4) is 11.5 Å². The van der Waals surface area contributed by atoms with Gasteiger partial charge >= 0.3 is 5.51 Å². The third kappa shape index (κ3) is 3.19. The molecule has 0 atom stereocenters. The smallest absolute Gasteiger partial charge is 0.446 e. The number of alkyl halides is 3. The molecule has 0 aromatic heterocycles. The van der Waals surface area contributed by atoms with Crippen LogP contribution in [0.15, 0.2) is 17.0 Å². The number of benzene rings is 1. The van der Waals surface area contributed by atoms with Gasteiger partial charge in [0.05, 0.1) is 19.1 Å². The number of hydrogen-bond acceptors (Lipinski definition) is 3. The van der Waals surface area contributed by atoms with Crippen LogP contribution in [0.5, 0.6) is 11.5 Å². The van der Waals surface area contributed by atoms with E-state index in [0.29, 0.717) is 0 Å². The zero-order valence-corrected chi connectivity index (χ0v) is 9.21. The SMILES string of the molecule is COc1cc(SC(F)(F)F)c(OC)cc1F. The highest BCUT2D eigenvalue weighted by Gasteiger charge is 2.31. The molecule has 1 aromatic carbocycles. The Kier molecular flexibility index (Phi) is 3.90. The van der Waals surface area contributed by atoms with Crippen molar-refractivity contribution in [1.82, 2.24) is 0 Å². The van der Waals surface area contributed by atoms with E-state index in [2.05, 4.69) is 9.47 Å². The van der Waals surface area contributed by atoms with E-state index in [4.69, 9.17) is 0 Å². The molecule has 16 heavy (non-hydrogen) atoms. The molecule has 0 amide bonds. The topological polar surface area (TPSA) is 18.5 Å². The van der Waals surface area contributed by atoms with E-state index < -0.39 is 11.3 Å². The van der Waals surface area contributed by atoms with Crippen LogP contribution in [0.25, 0.3) is 0 Å². The Bertz CT molecular complexity index is 379. The summed E-state index contributed by atoms with van der Waals surface area (Å²) in [6.07, 6.45) is 0. The first-order chi connectivity index (χ1) is 7.37. The molecule has 0 unspecified atom stereocenters. The number of rotatable bonds is 3. The van der Waals surface area contributed by atoms with Crippen LogP contribution in [-0.2, 0) is 0 Å². The highest BCUT2D eigenvalue weighted by molar-refractivity contribution is 8.00. The minimum Gasteiger partial charge on any atom is -0.495 e. The summed E-state index contributed by atoms with van der Waals surface area (Å²) >= 11 is -0.381. The second kappa shape index (κ2) is 4.82. The van der Waals surface area contributed by atoms with Crippen molar-refractivity contribution >= 4 is 11.8 Å². The summed E-state index contributed by atoms with van der Waals surface area (Å²) in [6.45, 7) is 0. The van der Waals surface area contributed by atoms with Gasteiger partial charge in [-0.25, -0.2) is 4.39 Å². The Hall–Kier alpha value is -1.11. The predicted molar refractivity (Wildman–Crippen MR) is 51.4 cm³/mol. The molecule has 0 spiro atoms. The first-order valence-corrected chi connectivity index (χ1v) is 4.86. The third-order valence-corrected chi connectivity index (χ3v) is 2.43. The van der Waals surface area contributed by atoms with Gasteiger partial charge in [-0.1, -0.05) is 0 Å². The second-order valence-corrected chi connectivity index (χ2v) is 3.79. The molecule has 0 heterocycles. The van der Waals surface area contributed by atoms with E-state index in [1.807, 2.05) is 0 Å². The van der Waals surface area contributed by atoms with E-state index in [1.165, 1.54) is 14.2 Å². The van der Waals surface area contributed by atoms with Gasteiger partial charge in [0, 0.05) is 12.1 Å². The maximum Gasteiger partial charge on any atom is 0.446 e. The Morgan fingerprint density at radius 3 is 2.06 bits per heavy atom. The summed E-state index contributed by atoms with van der Waals surface area (Å²) in [4.78, 5) is -0.242. The Morgan fingerprint density at radius 2 is 1.62 bits per heavy atom. The molecule has 7 heteroatoms. The number of methoxy groups -OCH3 is 2. The van der Waals surface area contributed by atoms with Crippen LogP contribution in [0.1, 0.15) is 0 Å². The van der Waals surface area contributed by atoms with Gasteiger partial charge in [-0.3, -0.25) is 0 Å². The lowest BCUT2D eigenvalue weighted by atomic mass is 10.3. The fraction of sp³-hybridized carbons (Fsp3) is 0.333. The summed E-state index contributed by atoms with van der Waals surface area (Å²) in [6, 6.07) is 1.80. The van der Waals surface area contributed by atoms with Gasteiger partial charge in [0.15, 0.2) is 11.6 Å². The van der Waals surface area contributed by atoms with Gasteiger partial charge < -0.3 is 9.47 Å². The maximum absolute atomic E-state index is 13.2. The van der Waals surface area contributed by atoms with Gasteiger partial charge in [-0.15, -0.1) is 0 Å². The van der Waals surface area contributed by atoms with Crippen molar-refractivity contribution in [2.24, 2.45) is 0 Å². The Labute approximate surface area is 93.5 Å². The second-order valence-electron chi connectivity index (χ2n) is 2.69. The van der Waals surface area contributed by atoms with Crippen LogP contribution in [0.2, 0.25) is 0 Å². The minimum atomic E-state index is -4.46. The fourth-order valence-corrected chi connectivity index (χ4v) is 1.70. The average molecular weight is 256 g/mol.